The highest BCUT2D eigenvalue weighted by molar-refractivity contribution is 5.89. The van der Waals surface area contributed by atoms with Crippen LogP contribution in [0.15, 0.2) is 89.6 Å². The number of carbonyl (C=O) groups excluding carboxylic acids is 1. The summed E-state index contributed by atoms with van der Waals surface area (Å²) in [5, 5.41) is 7.81. The lowest BCUT2D eigenvalue weighted by molar-refractivity contribution is -0.121. The van der Waals surface area contributed by atoms with Crippen molar-refractivity contribution in [3.05, 3.63) is 108 Å². The number of aromatic amines is 1. The van der Waals surface area contributed by atoms with Gasteiger partial charge >= 0.3 is 0 Å². The SMILES string of the molecule is O=C(Cc1c[nH]c2ccc(F)cc12)N[C@@H](Cc1ccccc1)c1nc(-c2ccccc2)no1. The number of fused-ring (bicyclic) bond motifs is 1. The number of carbonyl (C=O) groups is 1. The van der Waals surface area contributed by atoms with Crippen molar-refractivity contribution < 1.29 is 13.7 Å². The van der Waals surface area contributed by atoms with Crippen LogP contribution in [0.4, 0.5) is 4.39 Å². The summed E-state index contributed by atoms with van der Waals surface area (Å²) < 4.78 is 19.2. The Balaban J connectivity index is 1.39. The first kappa shape index (κ1) is 20.6. The Bertz CT molecular complexity index is 1380. The number of rotatable bonds is 7. The van der Waals surface area contributed by atoms with Crippen molar-refractivity contribution in [3.63, 3.8) is 0 Å². The average molecular weight is 440 g/mol. The Morgan fingerprint density at radius 2 is 1.79 bits per heavy atom. The van der Waals surface area contributed by atoms with Crippen molar-refractivity contribution in [2.45, 2.75) is 18.9 Å². The maximum Gasteiger partial charge on any atom is 0.249 e. The molecule has 0 unspecified atom stereocenters. The molecule has 0 saturated heterocycles. The fourth-order valence-electron chi connectivity index (χ4n) is 3.85. The fourth-order valence-corrected chi connectivity index (χ4v) is 3.85. The Hall–Kier alpha value is -4.26. The van der Waals surface area contributed by atoms with Crippen LogP contribution in [0.1, 0.15) is 23.1 Å². The van der Waals surface area contributed by atoms with E-state index in [2.05, 4.69) is 20.4 Å². The first-order valence-corrected chi connectivity index (χ1v) is 10.6. The summed E-state index contributed by atoms with van der Waals surface area (Å²) in [5.74, 6) is 0.228. The number of benzene rings is 3. The monoisotopic (exact) mass is 440 g/mol. The zero-order valence-electron chi connectivity index (χ0n) is 17.7. The number of halogens is 1. The molecular weight excluding hydrogens is 419 g/mol. The maximum atomic E-state index is 13.7. The molecule has 6 nitrogen and oxygen atoms in total. The summed E-state index contributed by atoms with van der Waals surface area (Å²) >= 11 is 0. The molecule has 33 heavy (non-hydrogen) atoms. The Morgan fingerprint density at radius 3 is 2.58 bits per heavy atom. The molecule has 5 rings (SSSR count). The third kappa shape index (κ3) is 4.67. The van der Waals surface area contributed by atoms with E-state index in [1.54, 1.807) is 12.3 Å². The lowest BCUT2D eigenvalue weighted by atomic mass is 10.0. The topological polar surface area (TPSA) is 83.8 Å². The number of hydrogen-bond acceptors (Lipinski definition) is 4. The molecule has 164 valence electrons. The number of aromatic nitrogens is 3. The lowest BCUT2D eigenvalue weighted by Gasteiger charge is -2.15. The van der Waals surface area contributed by atoms with Crippen LogP contribution in [0.5, 0.6) is 0 Å². The van der Waals surface area contributed by atoms with Crippen LogP contribution in [0, 0.1) is 5.82 Å². The van der Waals surface area contributed by atoms with Crippen LogP contribution in [0.25, 0.3) is 22.3 Å². The zero-order valence-corrected chi connectivity index (χ0v) is 17.7. The van der Waals surface area contributed by atoms with Gasteiger partial charge in [0, 0.05) is 29.1 Å². The van der Waals surface area contributed by atoms with Crippen molar-refractivity contribution in [1.82, 2.24) is 20.4 Å². The Labute approximate surface area is 189 Å². The molecule has 0 spiro atoms. The van der Waals surface area contributed by atoms with Crippen molar-refractivity contribution in [3.8, 4) is 11.4 Å². The molecule has 3 aromatic carbocycles. The highest BCUT2D eigenvalue weighted by Crippen LogP contribution is 2.23. The van der Waals surface area contributed by atoms with Gasteiger partial charge in [-0.05, 0) is 29.3 Å². The van der Waals surface area contributed by atoms with E-state index in [4.69, 9.17) is 4.52 Å². The van der Waals surface area contributed by atoms with Gasteiger partial charge in [-0.1, -0.05) is 65.8 Å². The summed E-state index contributed by atoms with van der Waals surface area (Å²) in [6.45, 7) is 0. The first-order valence-electron chi connectivity index (χ1n) is 10.6. The van der Waals surface area contributed by atoms with Gasteiger partial charge in [-0.2, -0.15) is 4.98 Å². The summed E-state index contributed by atoms with van der Waals surface area (Å²) in [5.41, 5.74) is 3.36. The molecule has 2 N–H and O–H groups in total. The fraction of sp³-hybridized carbons (Fsp3) is 0.115. The maximum absolute atomic E-state index is 13.7. The molecule has 1 amide bonds. The van der Waals surface area contributed by atoms with Crippen LogP contribution in [0.2, 0.25) is 0 Å². The minimum atomic E-state index is -0.508. The van der Waals surface area contributed by atoms with Crippen LogP contribution >= 0.6 is 0 Å². The molecule has 0 bridgehead atoms. The quantitative estimate of drug-likeness (QED) is 0.373. The van der Waals surface area contributed by atoms with Gasteiger partial charge in [-0.15, -0.1) is 0 Å². The van der Waals surface area contributed by atoms with E-state index in [0.29, 0.717) is 23.5 Å². The molecule has 7 heteroatoms. The van der Waals surface area contributed by atoms with E-state index in [0.717, 1.165) is 22.2 Å². The van der Waals surface area contributed by atoms with Crippen LogP contribution < -0.4 is 5.32 Å². The predicted octanol–water partition coefficient (Wildman–Crippen LogP) is 5.00. The second-order valence-electron chi connectivity index (χ2n) is 7.81. The highest BCUT2D eigenvalue weighted by Gasteiger charge is 2.23. The van der Waals surface area contributed by atoms with Crippen LogP contribution in [-0.4, -0.2) is 21.0 Å². The summed E-state index contributed by atoms with van der Waals surface area (Å²) in [4.78, 5) is 20.6. The van der Waals surface area contributed by atoms with Crippen molar-refractivity contribution >= 4 is 16.8 Å². The highest BCUT2D eigenvalue weighted by atomic mass is 19.1. The van der Waals surface area contributed by atoms with Gasteiger partial charge in [-0.25, -0.2) is 4.39 Å². The molecule has 0 fully saturated rings. The molecule has 2 aromatic heterocycles. The van der Waals surface area contributed by atoms with Gasteiger partial charge in [0.1, 0.15) is 11.9 Å². The van der Waals surface area contributed by atoms with E-state index in [9.17, 15) is 9.18 Å². The smallest absolute Gasteiger partial charge is 0.249 e. The average Bonchev–Trinajstić information content (AvgIpc) is 3.48. The minimum absolute atomic E-state index is 0.0917. The van der Waals surface area contributed by atoms with Gasteiger partial charge in [-0.3, -0.25) is 4.79 Å². The summed E-state index contributed by atoms with van der Waals surface area (Å²) in [6.07, 6.45) is 2.32. The number of hydrogen-bond donors (Lipinski definition) is 2. The van der Waals surface area contributed by atoms with E-state index < -0.39 is 6.04 Å². The molecule has 0 aliphatic heterocycles. The molecule has 0 saturated carbocycles. The number of nitrogens with one attached hydrogen (secondary N) is 2. The second kappa shape index (κ2) is 9.08. The molecule has 0 aliphatic carbocycles. The third-order valence-corrected chi connectivity index (χ3v) is 5.47. The lowest BCUT2D eigenvalue weighted by Crippen LogP contribution is -2.31. The molecule has 1 atom stereocenters. The van der Waals surface area contributed by atoms with E-state index in [-0.39, 0.29) is 18.1 Å². The molecule has 5 aromatic rings. The van der Waals surface area contributed by atoms with Gasteiger partial charge in [0.15, 0.2) is 0 Å². The zero-order chi connectivity index (χ0) is 22.6. The number of amides is 1. The van der Waals surface area contributed by atoms with Gasteiger partial charge in [0.2, 0.25) is 17.6 Å². The number of H-pyrrole nitrogens is 1. The predicted molar refractivity (Wildman–Crippen MR) is 123 cm³/mol. The summed E-state index contributed by atoms with van der Waals surface area (Å²) in [7, 11) is 0. The summed E-state index contributed by atoms with van der Waals surface area (Å²) in [6, 6.07) is 23.3. The van der Waals surface area contributed by atoms with Gasteiger partial charge < -0.3 is 14.8 Å². The van der Waals surface area contributed by atoms with Crippen LogP contribution in [-0.2, 0) is 17.6 Å². The molecular formula is C26H21FN4O2. The number of nitrogens with zero attached hydrogens (tertiary/aromatic N) is 2. The normalized spacial score (nSPS) is 12.0. The van der Waals surface area contributed by atoms with E-state index in [1.807, 2.05) is 60.7 Å². The van der Waals surface area contributed by atoms with Gasteiger partial charge in [0.05, 0.1) is 6.42 Å². The Kier molecular flexibility index (Phi) is 5.68. The third-order valence-electron chi connectivity index (χ3n) is 5.47. The Morgan fingerprint density at radius 1 is 1.03 bits per heavy atom. The van der Waals surface area contributed by atoms with Gasteiger partial charge in [0.25, 0.3) is 0 Å². The largest absolute Gasteiger partial charge is 0.361 e. The minimum Gasteiger partial charge on any atom is -0.361 e. The van der Waals surface area contributed by atoms with Crippen molar-refractivity contribution in [1.29, 1.82) is 0 Å². The van der Waals surface area contributed by atoms with Crippen molar-refractivity contribution in [2.24, 2.45) is 0 Å². The van der Waals surface area contributed by atoms with Crippen molar-refractivity contribution in [2.75, 3.05) is 0 Å². The first-order chi connectivity index (χ1) is 16.2. The second-order valence-corrected chi connectivity index (χ2v) is 7.81. The van der Waals surface area contributed by atoms with Crippen LogP contribution in [0.3, 0.4) is 0 Å². The molecule has 0 radical (unpaired) electrons. The van der Waals surface area contributed by atoms with E-state index >= 15 is 0 Å². The van der Waals surface area contributed by atoms with E-state index in [1.165, 1.54) is 12.1 Å². The molecule has 0 aliphatic rings. The standard InChI is InChI=1S/C26H21FN4O2/c27-20-11-12-22-21(15-20)19(16-28-22)14-24(32)29-23(13-17-7-3-1-4-8-17)26-30-25(31-33-26)18-9-5-2-6-10-18/h1-12,15-16,23,28H,13-14H2,(H,29,32)/t23-/m0/s1. The molecule has 2 heterocycles.